The summed E-state index contributed by atoms with van der Waals surface area (Å²) in [6.45, 7) is 0. The van der Waals surface area contributed by atoms with Crippen LogP contribution in [0.15, 0.2) is 18.2 Å². The van der Waals surface area contributed by atoms with Gasteiger partial charge in [0.15, 0.2) is 0 Å². The van der Waals surface area contributed by atoms with Crippen LogP contribution in [0.3, 0.4) is 0 Å². The van der Waals surface area contributed by atoms with E-state index < -0.39 is 0 Å². The zero-order valence-corrected chi connectivity index (χ0v) is 6.21. The molecule has 0 spiro atoms. The predicted molar refractivity (Wildman–Crippen MR) is 39.0 cm³/mol. The molecule has 0 saturated heterocycles. The van der Waals surface area contributed by atoms with Crippen LogP contribution in [0.25, 0.3) is 0 Å². The van der Waals surface area contributed by atoms with Crippen molar-refractivity contribution in [2.24, 2.45) is 0 Å². The van der Waals surface area contributed by atoms with Crippen LogP contribution in [0, 0.1) is 0 Å². The summed E-state index contributed by atoms with van der Waals surface area (Å²) in [6, 6.07) is 5.21. The molecular formula is C6H6Cl2N+. The first-order valence-corrected chi connectivity index (χ1v) is 3.23. The molecule has 48 valence electrons. The monoisotopic (exact) mass is 162 g/mol. The summed E-state index contributed by atoms with van der Waals surface area (Å²) in [5, 5.41) is 1.26. The molecule has 3 N–H and O–H groups in total. The van der Waals surface area contributed by atoms with E-state index in [2.05, 4.69) is 5.73 Å². The average molecular weight is 163 g/mol. The summed E-state index contributed by atoms with van der Waals surface area (Å²) < 4.78 is 0. The van der Waals surface area contributed by atoms with Gasteiger partial charge in [-0.2, -0.15) is 0 Å². The fourth-order valence-corrected chi connectivity index (χ4v) is 0.930. The Morgan fingerprint density at radius 1 is 1.22 bits per heavy atom. The normalized spacial score (nSPS) is 9.67. The van der Waals surface area contributed by atoms with Crippen molar-refractivity contribution in [3.05, 3.63) is 28.2 Å². The van der Waals surface area contributed by atoms with E-state index in [0.717, 1.165) is 5.69 Å². The van der Waals surface area contributed by atoms with E-state index in [-0.39, 0.29) is 0 Å². The van der Waals surface area contributed by atoms with Crippen molar-refractivity contribution in [1.82, 2.24) is 0 Å². The summed E-state index contributed by atoms with van der Waals surface area (Å²) in [7, 11) is 0. The van der Waals surface area contributed by atoms with Gasteiger partial charge in [0.25, 0.3) is 0 Å². The van der Waals surface area contributed by atoms with Crippen molar-refractivity contribution in [2.75, 3.05) is 0 Å². The van der Waals surface area contributed by atoms with Crippen LogP contribution in [-0.4, -0.2) is 0 Å². The van der Waals surface area contributed by atoms with E-state index in [4.69, 9.17) is 23.2 Å². The maximum Gasteiger partial charge on any atom is 0.146 e. The number of hydrogen-bond acceptors (Lipinski definition) is 0. The van der Waals surface area contributed by atoms with E-state index in [9.17, 15) is 0 Å². The number of halogens is 2. The Labute approximate surface area is 63.4 Å². The lowest BCUT2D eigenvalue weighted by Gasteiger charge is -1.91. The molecule has 0 fully saturated rings. The SMILES string of the molecule is [NH3+]c1ccc(Cl)cc1Cl. The van der Waals surface area contributed by atoms with Crippen LogP contribution in [0.5, 0.6) is 0 Å². The van der Waals surface area contributed by atoms with Crippen LogP contribution in [0.4, 0.5) is 5.69 Å². The maximum absolute atomic E-state index is 5.67. The number of quaternary nitrogens is 1. The molecule has 0 aromatic heterocycles. The molecule has 0 unspecified atom stereocenters. The Morgan fingerprint density at radius 3 is 2.33 bits per heavy atom. The molecule has 0 amide bonds. The van der Waals surface area contributed by atoms with Gasteiger partial charge in [0.2, 0.25) is 0 Å². The molecule has 0 radical (unpaired) electrons. The highest BCUT2D eigenvalue weighted by molar-refractivity contribution is 6.35. The van der Waals surface area contributed by atoms with Gasteiger partial charge < -0.3 is 5.73 Å². The molecule has 3 heteroatoms. The second-order valence-electron chi connectivity index (χ2n) is 1.74. The molecule has 0 bridgehead atoms. The van der Waals surface area contributed by atoms with Crippen molar-refractivity contribution in [2.45, 2.75) is 0 Å². The zero-order chi connectivity index (χ0) is 6.85. The van der Waals surface area contributed by atoms with Gasteiger partial charge in [0.1, 0.15) is 10.7 Å². The third-order valence-electron chi connectivity index (χ3n) is 1.02. The molecule has 1 aromatic rings. The summed E-state index contributed by atoms with van der Waals surface area (Å²) in [5.74, 6) is 0. The van der Waals surface area contributed by atoms with E-state index in [1.54, 1.807) is 18.2 Å². The number of benzene rings is 1. The summed E-state index contributed by atoms with van der Waals surface area (Å²) >= 11 is 11.3. The smallest absolute Gasteiger partial charge is 0.146 e. The Bertz CT molecular complexity index is 222. The molecule has 1 nitrogen and oxygen atoms in total. The highest BCUT2D eigenvalue weighted by atomic mass is 35.5. The van der Waals surface area contributed by atoms with Gasteiger partial charge in [-0.25, -0.2) is 0 Å². The third-order valence-corrected chi connectivity index (χ3v) is 1.60. The first-order chi connectivity index (χ1) is 4.20. The summed E-state index contributed by atoms with van der Waals surface area (Å²) in [4.78, 5) is 0. The van der Waals surface area contributed by atoms with Crippen LogP contribution in [0.2, 0.25) is 10.0 Å². The van der Waals surface area contributed by atoms with Crippen molar-refractivity contribution in [1.29, 1.82) is 0 Å². The molecule has 0 aliphatic heterocycles. The Balaban J connectivity index is 3.17. The van der Waals surface area contributed by atoms with Gasteiger partial charge >= 0.3 is 0 Å². The summed E-state index contributed by atoms with van der Waals surface area (Å²) in [5.41, 5.74) is 4.48. The van der Waals surface area contributed by atoms with Crippen molar-refractivity contribution in [3.63, 3.8) is 0 Å². The fourth-order valence-electron chi connectivity index (χ4n) is 0.522. The van der Waals surface area contributed by atoms with Gasteiger partial charge in [0.05, 0.1) is 0 Å². The minimum absolute atomic E-state index is 0.613. The molecular weight excluding hydrogens is 157 g/mol. The molecule has 0 aliphatic carbocycles. The molecule has 1 aromatic carbocycles. The highest BCUT2D eigenvalue weighted by Crippen LogP contribution is 2.20. The van der Waals surface area contributed by atoms with E-state index in [1.165, 1.54) is 0 Å². The Hall–Kier alpha value is -0.240. The fraction of sp³-hybridized carbons (Fsp3) is 0. The third kappa shape index (κ3) is 1.58. The molecule has 1 rings (SSSR count). The van der Waals surface area contributed by atoms with E-state index in [0.29, 0.717) is 10.0 Å². The van der Waals surface area contributed by atoms with Gasteiger partial charge in [-0.3, -0.25) is 0 Å². The Morgan fingerprint density at radius 2 is 1.89 bits per heavy atom. The van der Waals surface area contributed by atoms with E-state index in [1.807, 2.05) is 0 Å². The van der Waals surface area contributed by atoms with Crippen molar-refractivity contribution >= 4 is 28.9 Å². The van der Waals surface area contributed by atoms with Crippen molar-refractivity contribution < 1.29 is 5.73 Å². The first-order valence-electron chi connectivity index (χ1n) is 2.47. The van der Waals surface area contributed by atoms with E-state index >= 15 is 0 Å². The second kappa shape index (κ2) is 2.56. The van der Waals surface area contributed by atoms with Gasteiger partial charge in [0, 0.05) is 11.1 Å². The largest absolute Gasteiger partial charge is 0.324 e. The standard InChI is InChI=1S/C6H5Cl2N/c7-4-1-2-6(9)5(8)3-4/h1-3H,9H2/p+1. The molecule has 0 aliphatic rings. The van der Waals surface area contributed by atoms with Crippen molar-refractivity contribution in [3.8, 4) is 0 Å². The minimum atomic E-state index is 0.613. The Kier molecular flexibility index (Phi) is 1.96. The minimum Gasteiger partial charge on any atom is -0.324 e. The molecule has 9 heavy (non-hydrogen) atoms. The van der Waals surface area contributed by atoms with Gasteiger partial charge in [-0.1, -0.05) is 23.2 Å². The predicted octanol–water partition coefficient (Wildman–Crippen LogP) is 1.87. The second-order valence-corrected chi connectivity index (χ2v) is 2.58. The first kappa shape index (κ1) is 6.87. The lowest BCUT2D eigenvalue weighted by atomic mass is 10.3. The lowest BCUT2D eigenvalue weighted by molar-refractivity contribution is -0.254. The van der Waals surface area contributed by atoms with Crippen LogP contribution < -0.4 is 5.73 Å². The maximum atomic E-state index is 5.67. The number of rotatable bonds is 0. The molecule has 0 saturated carbocycles. The van der Waals surface area contributed by atoms with Crippen LogP contribution in [-0.2, 0) is 0 Å². The van der Waals surface area contributed by atoms with Gasteiger partial charge in [-0.15, -0.1) is 0 Å². The zero-order valence-electron chi connectivity index (χ0n) is 4.70. The van der Waals surface area contributed by atoms with Crippen LogP contribution in [0.1, 0.15) is 0 Å². The quantitative estimate of drug-likeness (QED) is 0.604. The molecule has 0 atom stereocenters. The van der Waals surface area contributed by atoms with Crippen LogP contribution >= 0.6 is 23.2 Å². The number of hydrogen-bond donors (Lipinski definition) is 1. The highest BCUT2D eigenvalue weighted by Gasteiger charge is 1.97. The topological polar surface area (TPSA) is 27.6 Å². The molecule has 0 heterocycles. The summed E-state index contributed by atoms with van der Waals surface area (Å²) in [6.07, 6.45) is 0. The average Bonchev–Trinajstić information content (AvgIpc) is 1.80. The lowest BCUT2D eigenvalue weighted by Crippen LogP contribution is -2.40. The van der Waals surface area contributed by atoms with Gasteiger partial charge in [-0.05, 0) is 12.1 Å².